The lowest BCUT2D eigenvalue weighted by Crippen LogP contribution is -2.61. The summed E-state index contributed by atoms with van der Waals surface area (Å²) >= 11 is 0. The van der Waals surface area contributed by atoms with Crippen molar-refractivity contribution in [3.05, 3.63) is 47.2 Å². The number of aliphatic hydroxyl groups is 1. The summed E-state index contributed by atoms with van der Waals surface area (Å²) in [5, 5.41) is 23.4. The molecular weight excluding hydrogens is 312 g/mol. The number of rotatable bonds is 5. The Balaban J connectivity index is 2.07. The highest BCUT2D eigenvalue weighted by atomic mass is 16.6. The van der Waals surface area contributed by atoms with E-state index >= 15 is 0 Å². The van der Waals surface area contributed by atoms with Crippen LogP contribution < -0.4 is 0 Å². The number of aliphatic carboxylic acids is 1. The van der Waals surface area contributed by atoms with E-state index in [1.54, 1.807) is 19.1 Å². The Bertz CT molecular complexity index is 739. The van der Waals surface area contributed by atoms with Crippen molar-refractivity contribution < 1.29 is 24.6 Å². The molecule has 2 N–H and O–H groups in total. The molecule has 0 aliphatic carbocycles. The number of aliphatic hydroxyl groups excluding tert-OH is 1. The topological polar surface area (TPSA) is 99.4 Å². The highest BCUT2D eigenvalue weighted by molar-refractivity contribution is 6.17. The molecule has 0 unspecified atom stereocenters. The van der Waals surface area contributed by atoms with Crippen molar-refractivity contribution >= 4 is 17.6 Å². The van der Waals surface area contributed by atoms with E-state index in [1.807, 2.05) is 18.2 Å². The predicted molar refractivity (Wildman–Crippen MR) is 85.1 cm³/mol. The Labute approximate surface area is 138 Å². The van der Waals surface area contributed by atoms with E-state index in [0.29, 0.717) is 23.3 Å². The maximum atomic E-state index is 12.3. The van der Waals surface area contributed by atoms with E-state index in [2.05, 4.69) is 5.16 Å². The summed E-state index contributed by atoms with van der Waals surface area (Å²) in [4.78, 5) is 30.2. The van der Waals surface area contributed by atoms with E-state index in [9.17, 15) is 19.8 Å². The van der Waals surface area contributed by atoms with Gasteiger partial charge in [0.05, 0.1) is 18.1 Å². The van der Waals surface area contributed by atoms with Gasteiger partial charge in [-0.15, -0.1) is 0 Å². The zero-order valence-electron chi connectivity index (χ0n) is 13.3. The molecule has 7 nitrogen and oxygen atoms in total. The largest absolute Gasteiger partial charge is 0.477 e. The van der Waals surface area contributed by atoms with Crippen LogP contribution in [0, 0.1) is 5.92 Å². The van der Waals surface area contributed by atoms with Crippen LogP contribution >= 0.6 is 0 Å². The Morgan fingerprint density at radius 2 is 2.04 bits per heavy atom. The van der Waals surface area contributed by atoms with Crippen molar-refractivity contribution in [1.29, 1.82) is 0 Å². The third-order valence-electron chi connectivity index (χ3n) is 4.45. The molecule has 1 fully saturated rings. The average molecular weight is 330 g/mol. The molecule has 3 rings (SSSR count). The lowest BCUT2D eigenvalue weighted by atomic mass is 9.82. The highest BCUT2D eigenvalue weighted by Crippen LogP contribution is 2.44. The summed E-state index contributed by atoms with van der Waals surface area (Å²) in [6.45, 7) is 1.54. The molecule has 2 aliphatic rings. The van der Waals surface area contributed by atoms with Gasteiger partial charge in [0.1, 0.15) is 18.5 Å². The maximum absolute atomic E-state index is 12.3. The summed E-state index contributed by atoms with van der Waals surface area (Å²) < 4.78 is 0. The number of nitrogens with zero attached hydrogens (tertiary/aromatic N) is 2. The van der Waals surface area contributed by atoms with E-state index < -0.39 is 18.0 Å². The van der Waals surface area contributed by atoms with Crippen molar-refractivity contribution in [2.75, 3.05) is 7.11 Å². The average Bonchev–Trinajstić information content (AvgIpc) is 2.88. The van der Waals surface area contributed by atoms with Gasteiger partial charge in [-0.3, -0.25) is 4.79 Å². The SMILES string of the molecule is CO/N=C(/C1=C(C(=O)O)N2C(=O)[C@H]([C@@H](C)O)[C@H]2C1)c1ccccc1. The molecule has 0 saturated carbocycles. The fraction of sp³-hybridized carbons (Fsp3) is 0.353. The number of amides is 1. The van der Waals surface area contributed by atoms with Gasteiger partial charge in [0.25, 0.3) is 0 Å². The van der Waals surface area contributed by atoms with Crippen molar-refractivity contribution in [2.45, 2.75) is 25.5 Å². The van der Waals surface area contributed by atoms with E-state index in [0.717, 1.165) is 0 Å². The minimum absolute atomic E-state index is 0.0819. The second-order valence-electron chi connectivity index (χ2n) is 5.87. The molecule has 126 valence electrons. The van der Waals surface area contributed by atoms with Crippen LogP contribution in [0.1, 0.15) is 18.9 Å². The quantitative estimate of drug-likeness (QED) is 0.476. The number of carboxylic acid groups (broad SMARTS) is 1. The second kappa shape index (κ2) is 6.09. The van der Waals surface area contributed by atoms with Crippen LogP contribution in [0.25, 0.3) is 0 Å². The molecule has 3 atom stereocenters. The van der Waals surface area contributed by atoms with Gasteiger partial charge in [-0.1, -0.05) is 35.5 Å². The molecule has 0 spiro atoms. The van der Waals surface area contributed by atoms with Crippen LogP contribution in [0.2, 0.25) is 0 Å². The van der Waals surface area contributed by atoms with Gasteiger partial charge in [0, 0.05) is 11.1 Å². The van der Waals surface area contributed by atoms with Crippen LogP contribution in [-0.4, -0.2) is 52.0 Å². The molecule has 0 aromatic heterocycles. The van der Waals surface area contributed by atoms with Gasteiger partial charge in [0.15, 0.2) is 0 Å². The van der Waals surface area contributed by atoms with Gasteiger partial charge in [0.2, 0.25) is 5.91 Å². The second-order valence-corrected chi connectivity index (χ2v) is 5.87. The maximum Gasteiger partial charge on any atom is 0.352 e. The van der Waals surface area contributed by atoms with Gasteiger partial charge < -0.3 is 20.0 Å². The summed E-state index contributed by atoms with van der Waals surface area (Å²) in [5.41, 5.74) is 1.46. The fourth-order valence-corrected chi connectivity index (χ4v) is 3.45. The molecular formula is C17H18N2O5. The molecule has 24 heavy (non-hydrogen) atoms. The number of benzene rings is 1. The number of hydrogen-bond donors (Lipinski definition) is 2. The van der Waals surface area contributed by atoms with Crippen LogP contribution in [0.4, 0.5) is 0 Å². The zero-order valence-corrected chi connectivity index (χ0v) is 13.3. The van der Waals surface area contributed by atoms with Gasteiger partial charge in [-0.2, -0.15) is 0 Å². The molecule has 2 aliphatic heterocycles. The highest BCUT2D eigenvalue weighted by Gasteiger charge is 2.57. The van der Waals surface area contributed by atoms with E-state index in [4.69, 9.17) is 4.84 Å². The first-order valence-corrected chi connectivity index (χ1v) is 7.62. The number of carboxylic acids is 1. The molecule has 7 heteroatoms. The summed E-state index contributed by atoms with van der Waals surface area (Å²) in [5.74, 6) is -2.15. The molecule has 1 aromatic carbocycles. The standard InChI is InChI=1S/C17H18N2O5/c1-9(20)13-12-8-11(15(17(22)23)19(12)16(13)21)14(18-24-2)10-6-4-3-5-7-10/h3-7,9,12-13,20H,8H2,1-2H3,(H,22,23)/b18-14+/t9-,12-,13-/m1/s1. The van der Waals surface area contributed by atoms with E-state index in [-0.39, 0.29) is 17.6 Å². The number of carbonyl (C=O) groups is 2. The molecule has 0 radical (unpaired) electrons. The number of carbonyl (C=O) groups excluding carboxylic acids is 1. The van der Waals surface area contributed by atoms with Gasteiger partial charge in [-0.25, -0.2) is 4.79 Å². The number of hydrogen-bond acceptors (Lipinski definition) is 5. The zero-order chi connectivity index (χ0) is 17.4. The summed E-state index contributed by atoms with van der Waals surface area (Å²) in [6, 6.07) is 8.71. The molecule has 1 aromatic rings. The summed E-state index contributed by atoms with van der Waals surface area (Å²) in [7, 11) is 1.39. The number of β-lactam (4-membered cyclic amide) rings is 1. The Morgan fingerprint density at radius 3 is 2.58 bits per heavy atom. The van der Waals surface area contributed by atoms with Gasteiger partial charge in [-0.05, 0) is 13.3 Å². The molecule has 1 saturated heterocycles. The Morgan fingerprint density at radius 1 is 1.38 bits per heavy atom. The van der Waals surface area contributed by atoms with Crippen molar-refractivity contribution in [3.8, 4) is 0 Å². The minimum Gasteiger partial charge on any atom is -0.477 e. The normalized spacial score (nSPS) is 24.5. The first-order chi connectivity index (χ1) is 11.5. The predicted octanol–water partition coefficient (Wildman–Crippen LogP) is 0.987. The van der Waals surface area contributed by atoms with Crippen LogP contribution in [0.15, 0.2) is 46.8 Å². The molecule has 0 bridgehead atoms. The fourth-order valence-electron chi connectivity index (χ4n) is 3.45. The first-order valence-electron chi connectivity index (χ1n) is 7.62. The molecule has 2 heterocycles. The number of oxime groups is 1. The van der Waals surface area contributed by atoms with Crippen LogP contribution in [-0.2, 0) is 14.4 Å². The van der Waals surface area contributed by atoms with Crippen LogP contribution in [0.3, 0.4) is 0 Å². The third-order valence-corrected chi connectivity index (χ3v) is 4.45. The Kier molecular flexibility index (Phi) is 4.11. The van der Waals surface area contributed by atoms with Gasteiger partial charge >= 0.3 is 5.97 Å². The lowest BCUT2D eigenvalue weighted by molar-refractivity contribution is -0.161. The third kappa shape index (κ3) is 2.37. The van der Waals surface area contributed by atoms with Crippen LogP contribution in [0.5, 0.6) is 0 Å². The van der Waals surface area contributed by atoms with Crippen molar-refractivity contribution in [3.63, 3.8) is 0 Å². The van der Waals surface area contributed by atoms with E-state index in [1.165, 1.54) is 12.0 Å². The smallest absolute Gasteiger partial charge is 0.352 e. The van der Waals surface area contributed by atoms with Crippen molar-refractivity contribution in [2.24, 2.45) is 11.1 Å². The lowest BCUT2D eigenvalue weighted by Gasteiger charge is -2.44. The minimum atomic E-state index is -1.19. The first kappa shape index (κ1) is 16.2. The Hall–Kier alpha value is -2.67. The summed E-state index contributed by atoms with van der Waals surface area (Å²) in [6.07, 6.45) is -0.507. The monoisotopic (exact) mass is 330 g/mol. The number of fused-ring (bicyclic) bond motifs is 1. The van der Waals surface area contributed by atoms with Crippen molar-refractivity contribution in [1.82, 2.24) is 4.90 Å². The molecule has 1 amide bonds.